The number of rotatable bonds is 4. The van der Waals surface area contributed by atoms with Gasteiger partial charge in [-0.15, -0.1) is 11.3 Å². The number of carboxylic acids is 1. The van der Waals surface area contributed by atoms with Crippen LogP contribution in [0.4, 0.5) is 0 Å². The number of aromatic nitrogens is 1. The number of phenolic OH excluding ortho intramolecular Hbond substituents is 1. The summed E-state index contributed by atoms with van der Waals surface area (Å²) < 4.78 is 1.96. The van der Waals surface area contributed by atoms with Gasteiger partial charge in [-0.05, 0) is 36.8 Å². The molecule has 0 bridgehead atoms. The van der Waals surface area contributed by atoms with Crippen molar-refractivity contribution in [3.05, 3.63) is 50.3 Å². The van der Waals surface area contributed by atoms with Crippen LogP contribution in [0, 0.1) is 18.3 Å². The van der Waals surface area contributed by atoms with Crippen LogP contribution in [0.2, 0.25) is 5.02 Å². The van der Waals surface area contributed by atoms with Gasteiger partial charge in [0.05, 0.1) is 23.5 Å². The van der Waals surface area contributed by atoms with E-state index in [1.54, 1.807) is 12.1 Å². The minimum atomic E-state index is -0.936. The zero-order valence-corrected chi connectivity index (χ0v) is 14.3. The van der Waals surface area contributed by atoms with Crippen molar-refractivity contribution in [1.29, 1.82) is 5.26 Å². The van der Waals surface area contributed by atoms with E-state index in [0.717, 1.165) is 16.1 Å². The van der Waals surface area contributed by atoms with Crippen molar-refractivity contribution in [2.75, 3.05) is 0 Å². The third-order valence-electron chi connectivity index (χ3n) is 3.94. The number of phenols is 1. The van der Waals surface area contributed by atoms with E-state index >= 15 is 0 Å². The molecule has 24 heavy (non-hydrogen) atoms. The average molecular weight is 361 g/mol. The number of hydrogen-bond acceptors (Lipinski definition) is 4. The predicted octanol–water partition coefficient (Wildman–Crippen LogP) is 3.92. The van der Waals surface area contributed by atoms with Crippen LogP contribution >= 0.6 is 22.9 Å². The molecule has 0 aliphatic carbocycles. The number of carboxylic acid groups (broad SMARTS) is 1. The fourth-order valence-electron chi connectivity index (χ4n) is 2.81. The Labute approximate surface area is 147 Å². The quantitative estimate of drug-likeness (QED) is 0.738. The minimum absolute atomic E-state index is 0.0733. The molecule has 0 saturated heterocycles. The molecule has 2 heterocycles. The maximum absolute atomic E-state index is 11.2. The number of nitriles is 1. The molecular formula is C17H13ClN2O3S. The van der Waals surface area contributed by atoms with Gasteiger partial charge in [-0.3, -0.25) is 4.79 Å². The molecule has 3 rings (SSSR count). The van der Waals surface area contributed by atoms with Crippen molar-refractivity contribution in [3.63, 3.8) is 0 Å². The second-order valence-electron chi connectivity index (χ2n) is 5.42. The van der Waals surface area contributed by atoms with E-state index in [1.165, 1.54) is 17.4 Å². The van der Waals surface area contributed by atoms with E-state index in [0.29, 0.717) is 22.4 Å². The Balaban J connectivity index is 2.18. The summed E-state index contributed by atoms with van der Waals surface area (Å²) >= 11 is 7.43. The fourth-order valence-corrected chi connectivity index (χ4v) is 3.76. The Morgan fingerprint density at radius 3 is 2.79 bits per heavy atom. The molecule has 0 spiro atoms. The van der Waals surface area contributed by atoms with Crippen molar-refractivity contribution in [2.24, 2.45) is 0 Å². The first kappa shape index (κ1) is 16.4. The summed E-state index contributed by atoms with van der Waals surface area (Å²) in [4.78, 5) is 12.8. The van der Waals surface area contributed by atoms with Gasteiger partial charge in [0.25, 0.3) is 0 Å². The van der Waals surface area contributed by atoms with E-state index in [2.05, 4.69) is 6.07 Å². The molecule has 5 nitrogen and oxygen atoms in total. The van der Waals surface area contributed by atoms with Crippen molar-refractivity contribution in [1.82, 2.24) is 4.57 Å². The molecule has 0 aliphatic rings. The first-order chi connectivity index (χ1) is 11.4. The molecule has 7 heteroatoms. The highest BCUT2D eigenvalue weighted by atomic mass is 35.5. The molecule has 0 unspecified atom stereocenters. The minimum Gasteiger partial charge on any atom is -0.506 e. The smallest absolute Gasteiger partial charge is 0.307 e. The fraction of sp³-hybridized carbons (Fsp3) is 0.176. The van der Waals surface area contributed by atoms with Crippen molar-refractivity contribution < 1.29 is 15.0 Å². The van der Waals surface area contributed by atoms with Crippen LogP contribution in [0.5, 0.6) is 5.75 Å². The summed E-state index contributed by atoms with van der Waals surface area (Å²) in [6.45, 7) is 2.36. The molecule has 2 aromatic heterocycles. The standard InChI is InChI=1S/C17H13ClN2O3S/c1-9-12(5-17(22)23)13-4-16(21)14(18)6-15(13)20(9)8-11-3-2-10(7-19)24-11/h2-4,6,21H,5,8H2,1H3,(H,22,23). The number of carbonyl (C=O) groups is 1. The van der Waals surface area contributed by atoms with Crippen LogP contribution in [0.15, 0.2) is 24.3 Å². The molecule has 0 atom stereocenters. The van der Waals surface area contributed by atoms with E-state index in [9.17, 15) is 15.0 Å². The van der Waals surface area contributed by atoms with E-state index in [1.807, 2.05) is 17.6 Å². The summed E-state index contributed by atoms with van der Waals surface area (Å²) in [6, 6.07) is 8.91. The lowest BCUT2D eigenvalue weighted by Crippen LogP contribution is -2.04. The number of thiophene rings is 1. The Morgan fingerprint density at radius 1 is 1.42 bits per heavy atom. The number of aromatic hydroxyl groups is 1. The monoisotopic (exact) mass is 360 g/mol. The van der Waals surface area contributed by atoms with Crippen LogP contribution < -0.4 is 0 Å². The number of aliphatic carboxylic acids is 1. The molecule has 1 aromatic carbocycles. The Morgan fingerprint density at radius 2 is 2.17 bits per heavy atom. The molecule has 3 aromatic rings. The van der Waals surface area contributed by atoms with Crippen molar-refractivity contribution in [3.8, 4) is 11.8 Å². The maximum Gasteiger partial charge on any atom is 0.307 e. The Hall–Kier alpha value is -2.49. The van der Waals surface area contributed by atoms with E-state index < -0.39 is 5.97 Å². The summed E-state index contributed by atoms with van der Waals surface area (Å²) in [5.74, 6) is -1.01. The highest BCUT2D eigenvalue weighted by Crippen LogP contribution is 2.35. The first-order valence-electron chi connectivity index (χ1n) is 7.11. The third-order valence-corrected chi connectivity index (χ3v) is 5.21. The van der Waals surface area contributed by atoms with Crippen LogP contribution in [0.1, 0.15) is 21.0 Å². The molecule has 122 valence electrons. The van der Waals surface area contributed by atoms with Gasteiger partial charge in [-0.2, -0.15) is 5.26 Å². The highest BCUT2D eigenvalue weighted by Gasteiger charge is 2.19. The second-order valence-corrected chi connectivity index (χ2v) is 6.99. The first-order valence-corrected chi connectivity index (χ1v) is 8.31. The zero-order valence-electron chi connectivity index (χ0n) is 12.7. The number of hydrogen-bond donors (Lipinski definition) is 2. The van der Waals surface area contributed by atoms with Gasteiger partial charge in [-0.1, -0.05) is 11.6 Å². The van der Waals surface area contributed by atoms with Gasteiger partial charge in [0.1, 0.15) is 16.7 Å². The third kappa shape index (κ3) is 2.84. The van der Waals surface area contributed by atoms with Gasteiger partial charge >= 0.3 is 5.97 Å². The number of fused-ring (bicyclic) bond motifs is 1. The van der Waals surface area contributed by atoms with Gasteiger partial charge in [0.2, 0.25) is 0 Å². The summed E-state index contributed by atoms with van der Waals surface area (Å²) in [6.07, 6.45) is -0.135. The molecule has 0 aliphatic heterocycles. The second kappa shape index (κ2) is 6.19. The van der Waals surface area contributed by atoms with Crippen LogP contribution in [0.3, 0.4) is 0 Å². The van der Waals surface area contributed by atoms with E-state index in [4.69, 9.17) is 16.9 Å². The lowest BCUT2D eigenvalue weighted by molar-refractivity contribution is -0.136. The Kier molecular flexibility index (Phi) is 4.22. The van der Waals surface area contributed by atoms with Crippen molar-refractivity contribution in [2.45, 2.75) is 19.9 Å². The van der Waals surface area contributed by atoms with Gasteiger partial charge < -0.3 is 14.8 Å². The van der Waals surface area contributed by atoms with Gasteiger partial charge in [-0.25, -0.2) is 0 Å². The Bertz CT molecular complexity index is 998. The van der Waals surface area contributed by atoms with Crippen LogP contribution in [-0.2, 0) is 17.8 Å². The normalized spacial score (nSPS) is 10.9. The summed E-state index contributed by atoms with van der Waals surface area (Å²) in [7, 11) is 0. The topological polar surface area (TPSA) is 86.2 Å². The molecule has 2 N–H and O–H groups in total. The average Bonchev–Trinajstić information content (AvgIpc) is 3.07. The molecule has 0 fully saturated rings. The van der Waals surface area contributed by atoms with Crippen molar-refractivity contribution >= 4 is 39.8 Å². The SMILES string of the molecule is Cc1c(CC(=O)O)c2cc(O)c(Cl)cc2n1Cc1ccc(C#N)s1. The van der Waals surface area contributed by atoms with Gasteiger partial charge in [0.15, 0.2) is 0 Å². The summed E-state index contributed by atoms with van der Waals surface area (Å²) in [5.41, 5.74) is 2.22. The van der Waals surface area contributed by atoms with Crippen LogP contribution in [0.25, 0.3) is 10.9 Å². The van der Waals surface area contributed by atoms with E-state index in [-0.39, 0.29) is 17.2 Å². The molecule has 0 saturated carbocycles. The van der Waals surface area contributed by atoms with Crippen LogP contribution in [-0.4, -0.2) is 20.7 Å². The number of nitrogens with zero attached hydrogens (tertiary/aromatic N) is 2. The molecule has 0 radical (unpaired) electrons. The lowest BCUT2D eigenvalue weighted by atomic mass is 10.1. The molecule has 0 amide bonds. The predicted molar refractivity (Wildman–Crippen MR) is 92.8 cm³/mol. The molecular weight excluding hydrogens is 348 g/mol. The summed E-state index contributed by atoms with van der Waals surface area (Å²) in [5, 5.41) is 28.9. The highest BCUT2D eigenvalue weighted by molar-refractivity contribution is 7.12. The zero-order chi connectivity index (χ0) is 17.4. The maximum atomic E-state index is 11.2. The largest absolute Gasteiger partial charge is 0.506 e. The number of halogens is 1. The van der Waals surface area contributed by atoms with Gasteiger partial charge in [0, 0.05) is 16.0 Å². The lowest BCUT2D eigenvalue weighted by Gasteiger charge is -2.07. The number of benzene rings is 1.